The maximum atomic E-state index is 13.0. The highest BCUT2D eigenvalue weighted by molar-refractivity contribution is 5.52. The molecule has 4 heteroatoms. The Bertz CT molecular complexity index is 459. The normalized spacial score (nSPS) is 18.2. The number of para-hydroxylation sites is 1. The second kappa shape index (κ2) is 6.29. The number of hydrogen-bond donors (Lipinski definition) is 1. The average Bonchev–Trinajstić information content (AvgIpc) is 2.84. The predicted molar refractivity (Wildman–Crippen MR) is 80.3 cm³/mol. The van der Waals surface area contributed by atoms with Gasteiger partial charge in [-0.15, -0.1) is 0 Å². The minimum Gasteiger partial charge on any atom is -0.384 e. The van der Waals surface area contributed by atoms with Crippen molar-refractivity contribution in [1.29, 1.82) is 0 Å². The van der Waals surface area contributed by atoms with E-state index in [-0.39, 0.29) is 11.1 Å². The molecule has 0 aromatic heterocycles. The van der Waals surface area contributed by atoms with Gasteiger partial charge in [0.05, 0.1) is 5.56 Å². The Hall–Kier alpha value is -1.19. The minimum absolute atomic E-state index is 0.160. The van der Waals surface area contributed by atoms with Crippen LogP contribution in [-0.2, 0) is 6.18 Å². The van der Waals surface area contributed by atoms with Gasteiger partial charge < -0.3 is 5.32 Å². The number of alkyl halides is 3. The molecule has 0 aliphatic heterocycles. The van der Waals surface area contributed by atoms with Crippen LogP contribution in [0.25, 0.3) is 0 Å². The van der Waals surface area contributed by atoms with E-state index in [1.807, 2.05) is 0 Å². The van der Waals surface area contributed by atoms with Crippen molar-refractivity contribution in [2.45, 2.75) is 52.1 Å². The Morgan fingerprint density at radius 1 is 1.14 bits per heavy atom. The quantitative estimate of drug-likeness (QED) is 0.732. The molecule has 0 atom stereocenters. The topological polar surface area (TPSA) is 12.0 Å². The third-order valence-electron chi connectivity index (χ3n) is 4.39. The van der Waals surface area contributed by atoms with Gasteiger partial charge in [-0.05, 0) is 42.7 Å². The Labute approximate surface area is 124 Å². The highest BCUT2D eigenvalue weighted by Crippen LogP contribution is 2.44. The number of halogens is 3. The summed E-state index contributed by atoms with van der Waals surface area (Å²) in [5.74, 6) is 0.572. The molecule has 0 radical (unpaired) electrons. The van der Waals surface area contributed by atoms with E-state index in [1.165, 1.54) is 25.0 Å². The largest absolute Gasteiger partial charge is 0.418 e. The van der Waals surface area contributed by atoms with Gasteiger partial charge in [-0.1, -0.05) is 38.8 Å². The van der Waals surface area contributed by atoms with Crippen molar-refractivity contribution in [1.82, 2.24) is 0 Å². The molecule has 1 nitrogen and oxygen atoms in total. The SMILES string of the molecule is CC(C)CC1(CNc2ccccc2C(F)(F)F)CCCC1. The van der Waals surface area contributed by atoms with Crippen molar-refractivity contribution in [3.63, 3.8) is 0 Å². The second-order valence-electron chi connectivity index (χ2n) is 6.70. The summed E-state index contributed by atoms with van der Waals surface area (Å²) < 4.78 is 39.0. The third kappa shape index (κ3) is 4.14. The fourth-order valence-corrected chi connectivity index (χ4v) is 3.61. The summed E-state index contributed by atoms with van der Waals surface area (Å²) in [6, 6.07) is 5.77. The molecule has 0 heterocycles. The number of hydrogen-bond acceptors (Lipinski definition) is 1. The Balaban J connectivity index is 2.11. The van der Waals surface area contributed by atoms with Crippen molar-refractivity contribution in [3.05, 3.63) is 29.8 Å². The summed E-state index contributed by atoms with van der Waals surface area (Å²) in [5, 5.41) is 3.09. The van der Waals surface area contributed by atoms with E-state index in [1.54, 1.807) is 6.07 Å². The maximum absolute atomic E-state index is 13.0. The molecule has 1 aromatic carbocycles. The monoisotopic (exact) mass is 299 g/mol. The second-order valence-corrected chi connectivity index (χ2v) is 6.70. The van der Waals surface area contributed by atoms with Gasteiger partial charge in [-0.3, -0.25) is 0 Å². The van der Waals surface area contributed by atoms with Gasteiger partial charge in [0.25, 0.3) is 0 Å². The standard InChI is InChI=1S/C17H24F3N/c1-13(2)11-16(9-5-6-10-16)12-21-15-8-4-3-7-14(15)17(18,19)20/h3-4,7-8,13,21H,5-6,9-12H2,1-2H3. The van der Waals surface area contributed by atoms with Crippen LogP contribution in [0.1, 0.15) is 51.5 Å². The highest BCUT2D eigenvalue weighted by Gasteiger charge is 2.36. The molecule has 1 aliphatic carbocycles. The molecule has 1 saturated carbocycles. The first-order valence-corrected chi connectivity index (χ1v) is 7.73. The van der Waals surface area contributed by atoms with E-state index in [0.29, 0.717) is 12.5 Å². The molecule has 2 rings (SSSR count). The lowest BCUT2D eigenvalue weighted by Crippen LogP contribution is -2.29. The highest BCUT2D eigenvalue weighted by atomic mass is 19.4. The van der Waals surface area contributed by atoms with Crippen molar-refractivity contribution in [2.24, 2.45) is 11.3 Å². The zero-order valence-corrected chi connectivity index (χ0v) is 12.8. The first kappa shape index (κ1) is 16.2. The van der Waals surface area contributed by atoms with Gasteiger partial charge in [0.2, 0.25) is 0 Å². The van der Waals surface area contributed by atoms with E-state index in [0.717, 1.165) is 25.3 Å². The Kier molecular flexibility index (Phi) is 4.84. The van der Waals surface area contributed by atoms with Gasteiger partial charge in [0.15, 0.2) is 0 Å². The minimum atomic E-state index is -4.30. The van der Waals surface area contributed by atoms with Crippen LogP contribution in [0.4, 0.5) is 18.9 Å². The van der Waals surface area contributed by atoms with Crippen LogP contribution in [0.15, 0.2) is 24.3 Å². The van der Waals surface area contributed by atoms with Crippen LogP contribution in [0.5, 0.6) is 0 Å². The van der Waals surface area contributed by atoms with Gasteiger partial charge in [0.1, 0.15) is 0 Å². The van der Waals surface area contributed by atoms with E-state index in [4.69, 9.17) is 0 Å². The molecular formula is C17H24F3N. The molecule has 0 spiro atoms. The summed E-state index contributed by atoms with van der Waals surface area (Å²) in [5.41, 5.74) is -0.199. The smallest absolute Gasteiger partial charge is 0.384 e. The Morgan fingerprint density at radius 3 is 2.33 bits per heavy atom. The van der Waals surface area contributed by atoms with E-state index >= 15 is 0 Å². The lowest BCUT2D eigenvalue weighted by atomic mass is 9.78. The summed E-state index contributed by atoms with van der Waals surface area (Å²) in [6.45, 7) is 5.01. The first-order chi connectivity index (χ1) is 9.82. The van der Waals surface area contributed by atoms with Crippen molar-refractivity contribution in [2.75, 3.05) is 11.9 Å². The third-order valence-corrected chi connectivity index (χ3v) is 4.39. The van der Waals surface area contributed by atoms with Crippen LogP contribution < -0.4 is 5.32 Å². The molecule has 1 N–H and O–H groups in total. The summed E-state index contributed by atoms with van der Waals surface area (Å²) in [4.78, 5) is 0. The molecule has 118 valence electrons. The van der Waals surface area contributed by atoms with Crippen LogP contribution in [0.2, 0.25) is 0 Å². The molecular weight excluding hydrogens is 275 g/mol. The van der Waals surface area contributed by atoms with Gasteiger partial charge in [-0.25, -0.2) is 0 Å². The predicted octanol–water partition coefficient (Wildman–Crippen LogP) is 5.72. The molecule has 21 heavy (non-hydrogen) atoms. The molecule has 1 fully saturated rings. The number of benzene rings is 1. The van der Waals surface area contributed by atoms with Gasteiger partial charge in [0, 0.05) is 12.2 Å². The zero-order valence-electron chi connectivity index (χ0n) is 12.8. The van der Waals surface area contributed by atoms with Crippen LogP contribution >= 0.6 is 0 Å². The average molecular weight is 299 g/mol. The maximum Gasteiger partial charge on any atom is 0.418 e. The number of anilines is 1. The van der Waals surface area contributed by atoms with E-state index in [9.17, 15) is 13.2 Å². The molecule has 0 saturated heterocycles. The van der Waals surface area contributed by atoms with Crippen LogP contribution in [0.3, 0.4) is 0 Å². The molecule has 0 unspecified atom stereocenters. The van der Waals surface area contributed by atoms with Crippen molar-refractivity contribution < 1.29 is 13.2 Å². The van der Waals surface area contributed by atoms with E-state index < -0.39 is 11.7 Å². The lowest BCUT2D eigenvalue weighted by Gasteiger charge is -2.32. The van der Waals surface area contributed by atoms with Crippen molar-refractivity contribution in [3.8, 4) is 0 Å². The summed E-state index contributed by atoms with van der Waals surface area (Å²) >= 11 is 0. The Morgan fingerprint density at radius 2 is 1.76 bits per heavy atom. The molecule has 1 aliphatic rings. The molecule has 0 bridgehead atoms. The van der Waals surface area contributed by atoms with Gasteiger partial charge >= 0.3 is 6.18 Å². The summed E-state index contributed by atoms with van der Waals surface area (Å²) in [7, 11) is 0. The lowest BCUT2D eigenvalue weighted by molar-refractivity contribution is -0.137. The summed E-state index contributed by atoms with van der Waals surface area (Å²) in [6.07, 6.45) is 1.39. The van der Waals surface area contributed by atoms with Crippen molar-refractivity contribution >= 4 is 5.69 Å². The number of nitrogens with one attached hydrogen (secondary N) is 1. The fourth-order valence-electron chi connectivity index (χ4n) is 3.61. The molecule has 1 aromatic rings. The zero-order chi connectivity index (χ0) is 15.5. The number of rotatable bonds is 5. The first-order valence-electron chi connectivity index (χ1n) is 7.73. The molecule has 0 amide bonds. The van der Waals surface area contributed by atoms with Crippen LogP contribution in [-0.4, -0.2) is 6.54 Å². The van der Waals surface area contributed by atoms with E-state index in [2.05, 4.69) is 19.2 Å². The van der Waals surface area contributed by atoms with Crippen LogP contribution in [0, 0.1) is 11.3 Å². The fraction of sp³-hybridized carbons (Fsp3) is 0.647. The van der Waals surface area contributed by atoms with Gasteiger partial charge in [-0.2, -0.15) is 13.2 Å².